The van der Waals surface area contributed by atoms with Crippen molar-refractivity contribution in [1.29, 1.82) is 0 Å². The molecule has 122 valence electrons. The van der Waals surface area contributed by atoms with E-state index in [1.54, 1.807) is 13.8 Å². The van der Waals surface area contributed by atoms with Crippen molar-refractivity contribution in [2.75, 3.05) is 19.6 Å². The Hall–Kier alpha value is -1.26. The highest BCUT2D eigenvalue weighted by Gasteiger charge is 2.41. The molecule has 0 aromatic carbocycles. The van der Waals surface area contributed by atoms with Gasteiger partial charge < -0.3 is 14.9 Å². The van der Waals surface area contributed by atoms with Crippen molar-refractivity contribution >= 4 is 12.0 Å². The van der Waals surface area contributed by atoms with E-state index in [1.165, 1.54) is 4.90 Å². The third-order valence-corrected chi connectivity index (χ3v) is 5.34. The van der Waals surface area contributed by atoms with Crippen molar-refractivity contribution in [3.8, 4) is 0 Å². The Bertz CT molecular complexity index is 379. The average Bonchev–Trinajstić information content (AvgIpc) is 2.47. The minimum atomic E-state index is -1.17. The quantitative estimate of drug-likeness (QED) is 0.848. The van der Waals surface area contributed by atoms with Gasteiger partial charge in [-0.05, 0) is 39.0 Å². The van der Waals surface area contributed by atoms with Crippen molar-refractivity contribution < 1.29 is 14.7 Å². The molecule has 1 aliphatic rings. The standard InChI is InChI=1S/C16H30N2O3/c1-6-16(7-2)9-11-17(12-10-16)14(21)18(8-3)15(4,5)13(19)20/h6-12H2,1-5H3,(H,19,20). The SMILES string of the molecule is CCN(C(=O)N1CCC(CC)(CC)CC1)C(C)(C)C(=O)O. The summed E-state index contributed by atoms with van der Waals surface area (Å²) < 4.78 is 0. The number of carbonyl (C=O) groups is 2. The van der Waals surface area contributed by atoms with Gasteiger partial charge in [0.05, 0.1) is 0 Å². The topological polar surface area (TPSA) is 60.9 Å². The highest BCUT2D eigenvalue weighted by molar-refractivity contribution is 5.85. The molecule has 1 heterocycles. The van der Waals surface area contributed by atoms with E-state index >= 15 is 0 Å². The monoisotopic (exact) mass is 298 g/mol. The Morgan fingerprint density at radius 3 is 1.95 bits per heavy atom. The van der Waals surface area contributed by atoms with Gasteiger partial charge in [0.15, 0.2) is 0 Å². The molecule has 1 N–H and O–H groups in total. The number of carbonyl (C=O) groups excluding carboxylic acids is 1. The molecular formula is C16H30N2O3. The summed E-state index contributed by atoms with van der Waals surface area (Å²) in [6.45, 7) is 11.3. The second-order valence-electron chi connectivity index (χ2n) is 6.59. The third kappa shape index (κ3) is 3.50. The average molecular weight is 298 g/mol. The lowest BCUT2D eigenvalue weighted by atomic mass is 9.74. The van der Waals surface area contributed by atoms with Gasteiger partial charge in [-0.2, -0.15) is 0 Å². The molecule has 5 nitrogen and oxygen atoms in total. The molecule has 1 aliphatic heterocycles. The van der Waals surface area contributed by atoms with Crippen LogP contribution in [0.4, 0.5) is 4.79 Å². The van der Waals surface area contributed by atoms with Crippen LogP contribution < -0.4 is 0 Å². The molecule has 1 saturated heterocycles. The largest absolute Gasteiger partial charge is 0.480 e. The van der Waals surface area contributed by atoms with E-state index < -0.39 is 11.5 Å². The van der Waals surface area contributed by atoms with Crippen LogP contribution >= 0.6 is 0 Å². The maximum atomic E-state index is 12.7. The Morgan fingerprint density at radius 1 is 1.14 bits per heavy atom. The number of likely N-dealkylation sites (tertiary alicyclic amines) is 1. The molecule has 0 aromatic heterocycles. The molecule has 0 spiro atoms. The smallest absolute Gasteiger partial charge is 0.329 e. The summed E-state index contributed by atoms with van der Waals surface area (Å²) in [7, 11) is 0. The van der Waals surface area contributed by atoms with Gasteiger partial charge in [0.2, 0.25) is 0 Å². The maximum absolute atomic E-state index is 12.7. The fourth-order valence-electron chi connectivity index (χ4n) is 3.19. The lowest BCUT2D eigenvalue weighted by Crippen LogP contribution is -2.58. The van der Waals surface area contributed by atoms with Gasteiger partial charge in [-0.3, -0.25) is 0 Å². The first-order chi connectivity index (χ1) is 9.74. The summed E-state index contributed by atoms with van der Waals surface area (Å²) >= 11 is 0. The van der Waals surface area contributed by atoms with Gasteiger partial charge in [0, 0.05) is 19.6 Å². The van der Waals surface area contributed by atoms with Crippen molar-refractivity contribution in [3.05, 3.63) is 0 Å². The molecule has 0 saturated carbocycles. The van der Waals surface area contributed by atoms with E-state index in [0.717, 1.165) is 38.8 Å². The van der Waals surface area contributed by atoms with Gasteiger partial charge >= 0.3 is 12.0 Å². The third-order valence-electron chi connectivity index (χ3n) is 5.34. The van der Waals surface area contributed by atoms with Crippen molar-refractivity contribution in [2.45, 2.75) is 65.8 Å². The van der Waals surface area contributed by atoms with Crippen LogP contribution in [-0.2, 0) is 4.79 Å². The molecule has 1 rings (SSSR count). The van der Waals surface area contributed by atoms with Crippen LogP contribution in [0.1, 0.15) is 60.3 Å². The highest BCUT2D eigenvalue weighted by Crippen LogP contribution is 2.38. The van der Waals surface area contributed by atoms with Gasteiger partial charge in [0.25, 0.3) is 0 Å². The van der Waals surface area contributed by atoms with Crippen LogP contribution in [0.3, 0.4) is 0 Å². The number of likely N-dealkylation sites (N-methyl/N-ethyl adjacent to an activating group) is 1. The molecule has 0 radical (unpaired) electrons. The van der Waals surface area contributed by atoms with Gasteiger partial charge in [-0.15, -0.1) is 0 Å². The second-order valence-corrected chi connectivity index (χ2v) is 6.59. The predicted octanol–water partition coefficient (Wildman–Crippen LogP) is 3.19. The number of hydrogen-bond acceptors (Lipinski definition) is 2. The number of hydrogen-bond donors (Lipinski definition) is 1. The minimum Gasteiger partial charge on any atom is -0.480 e. The molecule has 0 aliphatic carbocycles. The number of aliphatic carboxylic acids is 1. The van der Waals surface area contributed by atoms with E-state index in [9.17, 15) is 14.7 Å². The van der Waals surface area contributed by atoms with E-state index in [4.69, 9.17) is 0 Å². The molecule has 0 atom stereocenters. The first kappa shape index (κ1) is 17.8. The van der Waals surface area contributed by atoms with Crippen molar-refractivity contribution in [2.24, 2.45) is 5.41 Å². The number of amides is 2. The Kier molecular flexibility index (Phi) is 5.65. The molecule has 1 fully saturated rings. The first-order valence-corrected chi connectivity index (χ1v) is 8.04. The predicted molar refractivity (Wildman–Crippen MR) is 83.3 cm³/mol. The van der Waals surface area contributed by atoms with Crippen LogP contribution in [0.2, 0.25) is 0 Å². The lowest BCUT2D eigenvalue weighted by Gasteiger charge is -2.44. The number of carboxylic acids is 1. The summed E-state index contributed by atoms with van der Waals surface area (Å²) in [5, 5.41) is 9.34. The number of urea groups is 1. The zero-order valence-electron chi connectivity index (χ0n) is 14.1. The summed E-state index contributed by atoms with van der Waals surface area (Å²) in [5.41, 5.74) is -0.813. The number of nitrogens with zero attached hydrogens (tertiary/aromatic N) is 2. The van der Waals surface area contributed by atoms with Crippen LogP contribution in [0.25, 0.3) is 0 Å². The number of rotatable bonds is 5. The fourth-order valence-corrected chi connectivity index (χ4v) is 3.19. The first-order valence-electron chi connectivity index (χ1n) is 8.04. The number of carboxylic acid groups (broad SMARTS) is 1. The Morgan fingerprint density at radius 2 is 1.62 bits per heavy atom. The lowest BCUT2D eigenvalue weighted by molar-refractivity contribution is -0.147. The van der Waals surface area contributed by atoms with Crippen molar-refractivity contribution in [1.82, 2.24) is 9.80 Å². The molecular weight excluding hydrogens is 268 g/mol. The van der Waals surface area contributed by atoms with Crippen LogP contribution in [-0.4, -0.2) is 52.1 Å². The van der Waals surface area contributed by atoms with Crippen LogP contribution in [0, 0.1) is 5.41 Å². The Labute approximate surface area is 128 Å². The fraction of sp³-hybridized carbons (Fsp3) is 0.875. The number of piperidine rings is 1. The highest BCUT2D eigenvalue weighted by atomic mass is 16.4. The van der Waals surface area contributed by atoms with E-state index in [0.29, 0.717) is 12.0 Å². The van der Waals surface area contributed by atoms with E-state index in [2.05, 4.69) is 13.8 Å². The summed E-state index contributed by atoms with van der Waals surface area (Å²) in [4.78, 5) is 27.3. The van der Waals surface area contributed by atoms with Crippen molar-refractivity contribution in [3.63, 3.8) is 0 Å². The summed E-state index contributed by atoms with van der Waals surface area (Å²) in [5.74, 6) is -0.967. The Balaban J connectivity index is 2.79. The zero-order valence-corrected chi connectivity index (χ0v) is 14.1. The van der Waals surface area contributed by atoms with Crippen LogP contribution in [0.15, 0.2) is 0 Å². The zero-order chi connectivity index (χ0) is 16.3. The molecule has 21 heavy (non-hydrogen) atoms. The minimum absolute atomic E-state index is 0.147. The van der Waals surface area contributed by atoms with Crippen LogP contribution in [0.5, 0.6) is 0 Å². The molecule has 0 aromatic rings. The summed E-state index contributed by atoms with van der Waals surface area (Å²) in [6, 6.07) is -0.147. The van der Waals surface area contributed by atoms with Gasteiger partial charge in [-0.25, -0.2) is 9.59 Å². The molecule has 2 amide bonds. The molecule has 5 heteroatoms. The van der Waals surface area contributed by atoms with E-state index in [-0.39, 0.29) is 6.03 Å². The van der Waals surface area contributed by atoms with Gasteiger partial charge in [-0.1, -0.05) is 26.7 Å². The second kappa shape index (κ2) is 6.67. The van der Waals surface area contributed by atoms with Gasteiger partial charge in [0.1, 0.15) is 5.54 Å². The maximum Gasteiger partial charge on any atom is 0.329 e. The normalized spacial score (nSPS) is 18.4. The molecule has 0 unspecified atom stereocenters. The van der Waals surface area contributed by atoms with E-state index in [1.807, 2.05) is 11.8 Å². The molecule has 0 bridgehead atoms. The summed E-state index contributed by atoms with van der Waals surface area (Å²) in [6.07, 6.45) is 4.31.